The van der Waals surface area contributed by atoms with Gasteiger partial charge in [-0.05, 0) is 35.7 Å². The Kier molecular flexibility index (Phi) is 5.96. The minimum atomic E-state index is -0.613. The zero-order chi connectivity index (χ0) is 19.4. The molecule has 1 saturated carbocycles. The number of rotatable bonds is 6. The Bertz CT molecular complexity index is 845. The van der Waals surface area contributed by atoms with Gasteiger partial charge in [-0.1, -0.05) is 41.9 Å². The molecule has 2 aromatic rings. The highest BCUT2D eigenvalue weighted by atomic mass is 35.5. The first kappa shape index (κ1) is 19.2. The van der Waals surface area contributed by atoms with Gasteiger partial charge in [0.05, 0.1) is 19.6 Å². The van der Waals surface area contributed by atoms with Gasteiger partial charge in [0.2, 0.25) is 0 Å². The number of urea groups is 1. The van der Waals surface area contributed by atoms with Crippen LogP contribution in [0.1, 0.15) is 35.9 Å². The molecule has 1 aliphatic rings. The number of amides is 2. The van der Waals surface area contributed by atoms with Crippen molar-refractivity contribution < 1.29 is 18.7 Å². The molecule has 7 heteroatoms. The summed E-state index contributed by atoms with van der Waals surface area (Å²) >= 11 is 6.21. The highest BCUT2D eigenvalue weighted by Gasteiger charge is 2.40. The van der Waals surface area contributed by atoms with Crippen LogP contribution in [0.3, 0.4) is 0 Å². The summed E-state index contributed by atoms with van der Waals surface area (Å²) in [6.45, 7) is 0. The molecule has 0 radical (unpaired) electrons. The molecule has 1 aliphatic carbocycles. The fourth-order valence-corrected chi connectivity index (χ4v) is 3.34. The predicted octanol–water partition coefficient (Wildman–Crippen LogP) is 3.94. The van der Waals surface area contributed by atoms with E-state index in [1.807, 2.05) is 6.07 Å². The summed E-state index contributed by atoms with van der Waals surface area (Å²) in [6, 6.07) is 12.3. The SMILES string of the molecule is COC(=O)CC(NC(=O)NC1CC1c1cccc(F)c1)c1ccccc1Cl. The molecule has 0 spiro atoms. The summed E-state index contributed by atoms with van der Waals surface area (Å²) in [5, 5.41) is 6.10. The second-order valence-corrected chi connectivity index (χ2v) is 6.88. The van der Waals surface area contributed by atoms with E-state index in [9.17, 15) is 14.0 Å². The lowest BCUT2D eigenvalue weighted by Crippen LogP contribution is -2.40. The summed E-state index contributed by atoms with van der Waals surface area (Å²) in [7, 11) is 1.29. The van der Waals surface area contributed by atoms with Gasteiger partial charge in [0.1, 0.15) is 5.82 Å². The fraction of sp³-hybridized carbons (Fsp3) is 0.300. The first-order valence-electron chi connectivity index (χ1n) is 8.61. The maximum absolute atomic E-state index is 13.3. The van der Waals surface area contributed by atoms with Crippen molar-refractivity contribution in [2.24, 2.45) is 0 Å². The number of halogens is 2. The van der Waals surface area contributed by atoms with Gasteiger partial charge in [0.25, 0.3) is 0 Å². The van der Waals surface area contributed by atoms with Gasteiger partial charge in [-0.25, -0.2) is 9.18 Å². The van der Waals surface area contributed by atoms with Crippen LogP contribution in [-0.2, 0) is 9.53 Å². The van der Waals surface area contributed by atoms with E-state index in [1.165, 1.54) is 19.2 Å². The highest BCUT2D eigenvalue weighted by molar-refractivity contribution is 6.31. The van der Waals surface area contributed by atoms with Crippen molar-refractivity contribution in [1.29, 1.82) is 0 Å². The Labute approximate surface area is 161 Å². The lowest BCUT2D eigenvalue weighted by molar-refractivity contribution is -0.141. The molecule has 142 valence electrons. The second-order valence-electron chi connectivity index (χ2n) is 6.48. The Morgan fingerprint density at radius 3 is 2.74 bits per heavy atom. The monoisotopic (exact) mass is 390 g/mol. The van der Waals surface area contributed by atoms with Crippen LogP contribution >= 0.6 is 11.6 Å². The number of carbonyl (C=O) groups excluding carboxylic acids is 2. The van der Waals surface area contributed by atoms with E-state index in [1.54, 1.807) is 30.3 Å². The Morgan fingerprint density at radius 2 is 2.04 bits per heavy atom. The van der Waals surface area contributed by atoms with Crippen LogP contribution in [0.25, 0.3) is 0 Å². The van der Waals surface area contributed by atoms with Gasteiger partial charge in [0.15, 0.2) is 0 Å². The average Bonchev–Trinajstić information content (AvgIpc) is 3.40. The number of carbonyl (C=O) groups is 2. The molecule has 0 bridgehead atoms. The van der Waals surface area contributed by atoms with Gasteiger partial charge < -0.3 is 15.4 Å². The van der Waals surface area contributed by atoms with Gasteiger partial charge in [-0.3, -0.25) is 4.79 Å². The third-order valence-corrected chi connectivity index (χ3v) is 4.91. The largest absolute Gasteiger partial charge is 0.469 e. The number of benzene rings is 2. The lowest BCUT2D eigenvalue weighted by atomic mass is 10.0. The van der Waals surface area contributed by atoms with Gasteiger partial charge >= 0.3 is 12.0 Å². The van der Waals surface area contributed by atoms with E-state index in [4.69, 9.17) is 16.3 Å². The van der Waals surface area contributed by atoms with Crippen molar-refractivity contribution in [1.82, 2.24) is 10.6 Å². The van der Waals surface area contributed by atoms with E-state index in [0.717, 1.165) is 12.0 Å². The first-order chi connectivity index (χ1) is 13.0. The van der Waals surface area contributed by atoms with Crippen molar-refractivity contribution >= 4 is 23.6 Å². The summed E-state index contributed by atoms with van der Waals surface area (Å²) in [5.41, 5.74) is 1.50. The van der Waals surface area contributed by atoms with Crippen molar-refractivity contribution in [3.63, 3.8) is 0 Å². The molecule has 0 saturated heterocycles. The van der Waals surface area contributed by atoms with E-state index in [2.05, 4.69) is 10.6 Å². The van der Waals surface area contributed by atoms with Gasteiger partial charge in [0, 0.05) is 17.0 Å². The second kappa shape index (κ2) is 8.39. The molecule has 2 N–H and O–H groups in total. The minimum Gasteiger partial charge on any atom is -0.469 e. The van der Waals surface area contributed by atoms with E-state index < -0.39 is 18.0 Å². The van der Waals surface area contributed by atoms with Crippen LogP contribution in [0.4, 0.5) is 9.18 Å². The van der Waals surface area contributed by atoms with Crippen molar-refractivity contribution in [2.75, 3.05) is 7.11 Å². The Hall–Kier alpha value is -2.60. The van der Waals surface area contributed by atoms with Crippen LogP contribution in [0, 0.1) is 5.82 Å². The molecule has 2 aromatic carbocycles. The summed E-state index contributed by atoms with van der Waals surface area (Å²) in [6.07, 6.45) is 0.705. The maximum atomic E-state index is 13.3. The van der Waals surface area contributed by atoms with Crippen LogP contribution in [0.2, 0.25) is 5.02 Å². The van der Waals surface area contributed by atoms with Crippen LogP contribution < -0.4 is 10.6 Å². The van der Waals surface area contributed by atoms with Crippen LogP contribution in [0.15, 0.2) is 48.5 Å². The third-order valence-electron chi connectivity index (χ3n) is 4.57. The molecular weight excluding hydrogens is 371 g/mol. The summed E-state index contributed by atoms with van der Waals surface area (Å²) < 4.78 is 18.1. The quantitative estimate of drug-likeness (QED) is 0.734. The number of ether oxygens (including phenoxy) is 1. The molecular formula is C20H20ClFN2O3. The van der Waals surface area contributed by atoms with Crippen molar-refractivity contribution in [3.05, 3.63) is 70.5 Å². The zero-order valence-electron chi connectivity index (χ0n) is 14.7. The smallest absolute Gasteiger partial charge is 0.315 e. The molecule has 3 atom stereocenters. The minimum absolute atomic E-state index is 0.0361. The fourth-order valence-electron chi connectivity index (χ4n) is 3.07. The van der Waals surface area contributed by atoms with E-state index in [-0.39, 0.29) is 24.2 Å². The number of methoxy groups -OCH3 is 1. The number of hydrogen-bond acceptors (Lipinski definition) is 3. The Balaban J connectivity index is 1.63. The molecule has 0 aliphatic heterocycles. The highest BCUT2D eigenvalue weighted by Crippen LogP contribution is 2.40. The lowest BCUT2D eigenvalue weighted by Gasteiger charge is -2.19. The third kappa shape index (κ3) is 4.98. The average molecular weight is 391 g/mol. The molecule has 3 rings (SSSR count). The van der Waals surface area contributed by atoms with E-state index >= 15 is 0 Å². The molecule has 27 heavy (non-hydrogen) atoms. The van der Waals surface area contributed by atoms with Gasteiger partial charge in [-0.15, -0.1) is 0 Å². The predicted molar refractivity (Wildman–Crippen MR) is 100 cm³/mol. The summed E-state index contributed by atoms with van der Waals surface area (Å²) in [4.78, 5) is 24.1. The molecule has 5 nitrogen and oxygen atoms in total. The number of hydrogen-bond donors (Lipinski definition) is 2. The molecule has 0 aromatic heterocycles. The number of esters is 1. The standard InChI is InChI=1S/C20H20ClFN2O3/c1-27-19(25)11-18(14-7-2-3-8-16(14)21)24-20(26)23-17-10-15(17)12-5-4-6-13(22)9-12/h2-9,15,17-18H,10-11H2,1H3,(H2,23,24,26). The Morgan fingerprint density at radius 1 is 1.26 bits per heavy atom. The topological polar surface area (TPSA) is 67.4 Å². The molecule has 0 heterocycles. The molecule has 1 fully saturated rings. The van der Waals surface area contributed by atoms with Crippen molar-refractivity contribution in [2.45, 2.75) is 30.8 Å². The van der Waals surface area contributed by atoms with Crippen LogP contribution in [-0.4, -0.2) is 25.2 Å². The van der Waals surface area contributed by atoms with Crippen LogP contribution in [0.5, 0.6) is 0 Å². The van der Waals surface area contributed by atoms with Gasteiger partial charge in [-0.2, -0.15) is 0 Å². The normalized spacial score (nSPS) is 19.1. The zero-order valence-corrected chi connectivity index (χ0v) is 15.5. The van der Waals surface area contributed by atoms with E-state index in [0.29, 0.717) is 10.6 Å². The molecule has 2 amide bonds. The molecule has 3 unspecified atom stereocenters. The maximum Gasteiger partial charge on any atom is 0.315 e. The van der Waals surface area contributed by atoms with Crippen molar-refractivity contribution in [3.8, 4) is 0 Å². The summed E-state index contributed by atoms with van der Waals surface area (Å²) in [5.74, 6) is -0.658. The first-order valence-corrected chi connectivity index (χ1v) is 8.99. The number of nitrogens with one attached hydrogen (secondary N) is 2.